The number of anilines is 1. The van der Waals surface area contributed by atoms with E-state index in [0.29, 0.717) is 12.1 Å². The van der Waals surface area contributed by atoms with Crippen LogP contribution in [0.2, 0.25) is 0 Å². The Hall–Kier alpha value is -2.89. The smallest absolute Gasteiger partial charge is 0.316 e. The molecular formula is C17H20N4O2. The first-order valence-electron chi connectivity index (χ1n) is 7.31. The van der Waals surface area contributed by atoms with Gasteiger partial charge in [0.2, 0.25) is 5.91 Å². The molecular weight excluding hydrogens is 292 g/mol. The zero-order chi connectivity index (χ0) is 16.8. The third kappa shape index (κ3) is 4.81. The molecule has 0 radical (unpaired) electrons. The van der Waals surface area contributed by atoms with Gasteiger partial charge in [0.25, 0.3) is 0 Å². The summed E-state index contributed by atoms with van der Waals surface area (Å²) < 4.78 is 0. The highest BCUT2D eigenvalue weighted by molar-refractivity contribution is 5.87. The fraction of sp³-hybridized carbons (Fsp3) is 0.235. The minimum absolute atomic E-state index is 0.0499. The number of nitrogens with two attached hydrogens (primary N) is 1. The van der Waals surface area contributed by atoms with Crippen LogP contribution in [-0.4, -0.2) is 16.9 Å². The minimum atomic E-state index is -0.605. The van der Waals surface area contributed by atoms with Crippen molar-refractivity contribution in [2.24, 2.45) is 5.73 Å². The summed E-state index contributed by atoms with van der Waals surface area (Å²) in [6.07, 6.45) is 3.75. The highest BCUT2D eigenvalue weighted by Crippen LogP contribution is 2.16. The van der Waals surface area contributed by atoms with Gasteiger partial charge in [-0.25, -0.2) is 4.79 Å². The van der Waals surface area contributed by atoms with Gasteiger partial charge in [-0.3, -0.25) is 9.78 Å². The van der Waals surface area contributed by atoms with Crippen LogP contribution in [-0.2, 0) is 11.2 Å². The molecule has 1 aromatic carbocycles. The zero-order valence-electron chi connectivity index (χ0n) is 13.2. The van der Waals surface area contributed by atoms with Gasteiger partial charge in [-0.15, -0.1) is 0 Å². The van der Waals surface area contributed by atoms with E-state index in [4.69, 9.17) is 5.73 Å². The summed E-state index contributed by atoms with van der Waals surface area (Å²) >= 11 is 0. The number of hydrogen-bond donors (Lipinski definition) is 3. The van der Waals surface area contributed by atoms with Gasteiger partial charge in [0.05, 0.1) is 12.5 Å². The van der Waals surface area contributed by atoms with E-state index in [2.05, 4.69) is 15.6 Å². The Morgan fingerprint density at radius 2 is 1.91 bits per heavy atom. The normalized spacial score (nSPS) is 11.6. The SMILES string of the molecule is Cc1cnccc1CC(=O)N[C@H](C)c1ccc(NC(N)=O)cc1. The molecule has 4 N–H and O–H groups in total. The number of nitrogens with zero attached hydrogens (tertiary/aromatic N) is 1. The van der Waals surface area contributed by atoms with Gasteiger partial charge in [-0.2, -0.15) is 0 Å². The van der Waals surface area contributed by atoms with Crippen LogP contribution in [0.4, 0.5) is 10.5 Å². The van der Waals surface area contributed by atoms with Crippen molar-refractivity contribution in [3.8, 4) is 0 Å². The number of benzene rings is 1. The molecule has 1 atom stereocenters. The highest BCUT2D eigenvalue weighted by atomic mass is 16.2. The molecule has 0 fully saturated rings. The van der Waals surface area contributed by atoms with Gasteiger partial charge in [0.15, 0.2) is 0 Å². The van der Waals surface area contributed by atoms with E-state index in [1.807, 2.05) is 32.0 Å². The number of rotatable bonds is 5. The molecule has 2 rings (SSSR count). The Kier molecular flexibility index (Phi) is 5.30. The zero-order valence-corrected chi connectivity index (χ0v) is 13.2. The van der Waals surface area contributed by atoms with Gasteiger partial charge < -0.3 is 16.4 Å². The van der Waals surface area contributed by atoms with Crippen molar-refractivity contribution in [2.75, 3.05) is 5.32 Å². The molecule has 0 unspecified atom stereocenters. The number of hydrogen-bond acceptors (Lipinski definition) is 3. The van der Waals surface area contributed by atoms with E-state index in [0.717, 1.165) is 16.7 Å². The topological polar surface area (TPSA) is 97.1 Å². The molecule has 0 spiro atoms. The second-order valence-electron chi connectivity index (χ2n) is 5.38. The number of urea groups is 1. The Balaban J connectivity index is 1.95. The Bertz CT molecular complexity index is 698. The van der Waals surface area contributed by atoms with Crippen LogP contribution in [0.15, 0.2) is 42.7 Å². The van der Waals surface area contributed by atoms with Gasteiger partial charge >= 0.3 is 6.03 Å². The number of amides is 3. The molecule has 0 aliphatic heterocycles. The van der Waals surface area contributed by atoms with E-state index >= 15 is 0 Å². The second-order valence-corrected chi connectivity index (χ2v) is 5.38. The van der Waals surface area contributed by atoms with E-state index in [1.54, 1.807) is 24.5 Å². The molecule has 23 heavy (non-hydrogen) atoms. The maximum Gasteiger partial charge on any atom is 0.316 e. The molecule has 3 amide bonds. The lowest BCUT2D eigenvalue weighted by molar-refractivity contribution is -0.121. The van der Waals surface area contributed by atoms with E-state index in [9.17, 15) is 9.59 Å². The molecule has 0 aliphatic carbocycles. The van der Waals surface area contributed by atoms with Crippen molar-refractivity contribution in [3.05, 3.63) is 59.4 Å². The third-order valence-electron chi connectivity index (χ3n) is 3.54. The average Bonchev–Trinajstić information content (AvgIpc) is 2.49. The maximum atomic E-state index is 12.2. The number of carbonyl (C=O) groups excluding carboxylic acids is 2. The number of primary amides is 1. The number of pyridine rings is 1. The lowest BCUT2D eigenvalue weighted by atomic mass is 10.1. The summed E-state index contributed by atoms with van der Waals surface area (Å²) in [5.41, 5.74) is 8.59. The van der Waals surface area contributed by atoms with Crippen molar-refractivity contribution in [1.82, 2.24) is 10.3 Å². The van der Waals surface area contributed by atoms with E-state index < -0.39 is 6.03 Å². The molecule has 120 valence electrons. The first-order chi connectivity index (χ1) is 11.0. The summed E-state index contributed by atoms with van der Waals surface area (Å²) in [5, 5.41) is 5.46. The van der Waals surface area contributed by atoms with Crippen LogP contribution in [0.3, 0.4) is 0 Å². The molecule has 6 heteroatoms. The van der Waals surface area contributed by atoms with Crippen LogP contribution >= 0.6 is 0 Å². The monoisotopic (exact) mass is 312 g/mol. The lowest BCUT2D eigenvalue weighted by Crippen LogP contribution is -2.28. The third-order valence-corrected chi connectivity index (χ3v) is 3.54. The molecule has 6 nitrogen and oxygen atoms in total. The average molecular weight is 312 g/mol. The molecule has 0 saturated heterocycles. The quantitative estimate of drug-likeness (QED) is 0.790. The lowest BCUT2D eigenvalue weighted by Gasteiger charge is -2.15. The van der Waals surface area contributed by atoms with Crippen LogP contribution < -0.4 is 16.4 Å². The maximum absolute atomic E-state index is 12.2. The first-order valence-corrected chi connectivity index (χ1v) is 7.31. The summed E-state index contributed by atoms with van der Waals surface area (Å²) in [5.74, 6) is -0.0499. The Morgan fingerprint density at radius 1 is 1.22 bits per heavy atom. The molecule has 1 aromatic heterocycles. The van der Waals surface area contributed by atoms with E-state index in [-0.39, 0.29) is 11.9 Å². The fourth-order valence-corrected chi connectivity index (χ4v) is 2.25. The van der Waals surface area contributed by atoms with Gasteiger partial charge in [-0.05, 0) is 48.7 Å². The van der Waals surface area contributed by atoms with Gasteiger partial charge in [0.1, 0.15) is 0 Å². The second kappa shape index (κ2) is 7.40. The number of aromatic nitrogens is 1. The molecule has 0 bridgehead atoms. The van der Waals surface area contributed by atoms with Crippen LogP contribution in [0.5, 0.6) is 0 Å². The predicted octanol–water partition coefficient (Wildman–Crippen LogP) is 2.30. The van der Waals surface area contributed by atoms with Crippen molar-refractivity contribution in [3.63, 3.8) is 0 Å². The van der Waals surface area contributed by atoms with Crippen molar-refractivity contribution >= 4 is 17.6 Å². The predicted molar refractivity (Wildman–Crippen MR) is 88.9 cm³/mol. The Morgan fingerprint density at radius 3 is 2.52 bits per heavy atom. The largest absolute Gasteiger partial charge is 0.351 e. The van der Waals surface area contributed by atoms with Gasteiger partial charge in [0, 0.05) is 18.1 Å². The number of aryl methyl sites for hydroxylation is 1. The van der Waals surface area contributed by atoms with Crippen molar-refractivity contribution in [1.29, 1.82) is 0 Å². The van der Waals surface area contributed by atoms with Crippen LogP contribution in [0.25, 0.3) is 0 Å². The highest BCUT2D eigenvalue weighted by Gasteiger charge is 2.11. The molecule has 2 aromatic rings. The molecule has 0 aliphatic rings. The fourth-order valence-electron chi connectivity index (χ4n) is 2.25. The summed E-state index contributed by atoms with van der Waals surface area (Å²) in [7, 11) is 0. The van der Waals surface area contributed by atoms with Crippen LogP contribution in [0.1, 0.15) is 29.7 Å². The summed E-state index contributed by atoms with van der Waals surface area (Å²) in [6, 6.07) is 8.29. The number of carbonyl (C=O) groups is 2. The van der Waals surface area contributed by atoms with Crippen molar-refractivity contribution < 1.29 is 9.59 Å². The minimum Gasteiger partial charge on any atom is -0.351 e. The van der Waals surface area contributed by atoms with Crippen molar-refractivity contribution in [2.45, 2.75) is 26.3 Å². The van der Waals surface area contributed by atoms with Crippen LogP contribution in [0, 0.1) is 6.92 Å². The first kappa shape index (κ1) is 16.5. The molecule has 0 saturated carbocycles. The summed E-state index contributed by atoms with van der Waals surface area (Å²) in [4.78, 5) is 27.0. The standard InChI is InChI=1S/C17H20N4O2/c1-11-10-19-8-7-14(11)9-16(22)20-12(2)13-3-5-15(6-4-13)21-17(18)23/h3-8,10,12H,9H2,1-2H3,(H,20,22)(H3,18,21,23)/t12-/m1/s1. The summed E-state index contributed by atoms with van der Waals surface area (Å²) in [6.45, 7) is 3.84. The Labute approximate surface area is 135 Å². The molecule has 1 heterocycles. The van der Waals surface area contributed by atoms with Gasteiger partial charge in [-0.1, -0.05) is 12.1 Å². The van der Waals surface area contributed by atoms with E-state index in [1.165, 1.54) is 0 Å². The number of nitrogens with one attached hydrogen (secondary N) is 2.